The predicted molar refractivity (Wildman–Crippen MR) is 110 cm³/mol. The largest absolute Gasteiger partial charge is 0.361 e. The zero-order valence-electron chi connectivity index (χ0n) is 15.8. The zero-order valence-corrected chi connectivity index (χ0v) is 16.6. The minimum atomic E-state index is -0.783. The van der Waals surface area contributed by atoms with Crippen molar-refractivity contribution in [2.75, 3.05) is 13.1 Å². The van der Waals surface area contributed by atoms with E-state index in [1.54, 1.807) is 24.4 Å². The van der Waals surface area contributed by atoms with E-state index in [1.807, 2.05) is 12.2 Å². The van der Waals surface area contributed by atoms with E-state index in [9.17, 15) is 9.90 Å². The van der Waals surface area contributed by atoms with E-state index in [-0.39, 0.29) is 5.91 Å². The Balaban J connectivity index is 1.36. The van der Waals surface area contributed by atoms with Gasteiger partial charge in [-0.05, 0) is 56.2 Å². The third-order valence-electron chi connectivity index (χ3n) is 5.00. The van der Waals surface area contributed by atoms with Crippen LogP contribution in [0.4, 0.5) is 0 Å². The molecule has 150 valence electrons. The van der Waals surface area contributed by atoms with Gasteiger partial charge in [0.05, 0.1) is 0 Å². The fourth-order valence-electron chi connectivity index (χ4n) is 3.29. The molecule has 1 amide bonds. The van der Waals surface area contributed by atoms with Crippen molar-refractivity contribution in [2.24, 2.45) is 5.92 Å². The lowest BCUT2D eigenvalue weighted by molar-refractivity contribution is 0.0940. The maximum atomic E-state index is 12.1. The molecule has 2 aliphatic carbocycles. The van der Waals surface area contributed by atoms with Crippen LogP contribution in [0.1, 0.15) is 42.6 Å². The summed E-state index contributed by atoms with van der Waals surface area (Å²) in [4.78, 5) is 16.1. The molecule has 2 atom stereocenters. The van der Waals surface area contributed by atoms with E-state index in [0.29, 0.717) is 24.7 Å². The van der Waals surface area contributed by atoms with Gasteiger partial charge in [0.25, 0.3) is 5.91 Å². The van der Waals surface area contributed by atoms with Crippen LogP contribution < -0.4 is 16.0 Å². The second kappa shape index (κ2) is 10.4. The molecule has 0 radical (unpaired) electrons. The Labute approximate surface area is 170 Å². The molecule has 2 unspecified atom stereocenters. The first-order valence-electron chi connectivity index (χ1n) is 9.70. The minimum absolute atomic E-state index is 0.138. The van der Waals surface area contributed by atoms with Crippen LogP contribution in [0.15, 0.2) is 58.9 Å². The molecule has 4 N–H and O–H groups in total. The summed E-state index contributed by atoms with van der Waals surface area (Å²) in [7, 11) is 0. The quantitative estimate of drug-likeness (QED) is 0.502. The van der Waals surface area contributed by atoms with Gasteiger partial charge in [0, 0.05) is 30.0 Å². The number of hydrogen-bond donors (Lipinski definition) is 4. The van der Waals surface area contributed by atoms with Crippen molar-refractivity contribution in [3.63, 3.8) is 0 Å². The normalized spacial score (nSPS) is 20.5. The van der Waals surface area contributed by atoms with Crippen molar-refractivity contribution in [1.82, 2.24) is 20.9 Å². The zero-order chi connectivity index (χ0) is 19.8. The van der Waals surface area contributed by atoms with Crippen LogP contribution in [0, 0.1) is 5.92 Å². The lowest BCUT2D eigenvalue weighted by atomic mass is 9.92. The number of carbonyl (C=O) groups is 1. The first-order valence-corrected chi connectivity index (χ1v) is 10.1. The molecule has 1 aromatic heterocycles. The fraction of sp³-hybridized carbons (Fsp3) is 0.429. The summed E-state index contributed by atoms with van der Waals surface area (Å²) in [6, 6.07) is 5.30. The Morgan fingerprint density at radius 2 is 2.18 bits per heavy atom. The third-order valence-corrected chi connectivity index (χ3v) is 5.31. The van der Waals surface area contributed by atoms with E-state index in [2.05, 4.69) is 27.0 Å². The van der Waals surface area contributed by atoms with Gasteiger partial charge in [-0.15, -0.1) is 0 Å². The molecule has 1 heterocycles. The Bertz CT molecular complexity index is 761. The summed E-state index contributed by atoms with van der Waals surface area (Å²) in [6.45, 7) is 1.26. The van der Waals surface area contributed by atoms with Gasteiger partial charge in [-0.1, -0.05) is 35.4 Å². The number of hydrogen-bond acceptors (Lipinski definition) is 5. The Morgan fingerprint density at radius 1 is 1.29 bits per heavy atom. The number of aromatic nitrogens is 1. The van der Waals surface area contributed by atoms with Crippen molar-refractivity contribution in [2.45, 2.75) is 38.5 Å². The smallest absolute Gasteiger partial charge is 0.269 e. The van der Waals surface area contributed by atoms with Crippen molar-refractivity contribution in [3.8, 4) is 0 Å². The van der Waals surface area contributed by atoms with Crippen LogP contribution in [0.3, 0.4) is 0 Å². The molecule has 3 rings (SSSR count). The standard InChI is InChI=1S/C21H27ClN4O2/c22-17-8-4-15(5-9-17)14-25-21(28)26-18-10-6-16(7-11-18)13-24-20(27)19-3-1-2-12-23-19/h1-4,8,10,12,16,21,25-26,28H,5-7,9,11,13-14H2,(H,24,27). The highest BCUT2D eigenvalue weighted by Gasteiger charge is 2.17. The van der Waals surface area contributed by atoms with Crippen LogP contribution >= 0.6 is 11.6 Å². The Morgan fingerprint density at radius 3 is 2.86 bits per heavy atom. The molecule has 0 fully saturated rings. The molecule has 0 spiro atoms. The van der Waals surface area contributed by atoms with Gasteiger partial charge in [0.15, 0.2) is 6.35 Å². The summed E-state index contributed by atoms with van der Waals surface area (Å²) in [5.41, 5.74) is 2.70. The van der Waals surface area contributed by atoms with Crippen molar-refractivity contribution in [1.29, 1.82) is 0 Å². The number of carbonyl (C=O) groups excluding carboxylic acids is 1. The predicted octanol–water partition coefficient (Wildman–Crippen LogP) is 2.79. The number of rotatable bonds is 8. The van der Waals surface area contributed by atoms with E-state index in [4.69, 9.17) is 11.6 Å². The van der Waals surface area contributed by atoms with Crippen molar-refractivity contribution >= 4 is 17.5 Å². The summed E-state index contributed by atoms with van der Waals surface area (Å²) >= 11 is 5.96. The second-order valence-corrected chi connectivity index (χ2v) is 7.65. The minimum Gasteiger partial charge on any atom is -0.361 e. The van der Waals surface area contributed by atoms with E-state index in [0.717, 1.165) is 42.8 Å². The van der Waals surface area contributed by atoms with Gasteiger partial charge in [0.2, 0.25) is 0 Å². The van der Waals surface area contributed by atoms with E-state index in [1.165, 1.54) is 5.57 Å². The average molecular weight is 403 g/mol. The molecule has 0 aromatic carbocycles. The lowest BCUT2D eigenvalue weighted by Gasteiger charge is -2.25. The van der Waals surface area contributed by atoms with Crippen LogP contribution in [-0.2, 0) is 0 Å². The number of nitrogens with one attached hydrogen (secondary N) is 3. The maximum Gasteiger partial charge on any atom is 0.269 e. The number of amides is 1. The average Bonchev–Trinajstić information content (AvgIpc) is 2.73. The highest BCUT2D eigenvalue weighted by Crippen LogP contribution is 2.22. The SMILES string of the molecule is O=C(NCC1CC=C(NC(O)NCC2=CC=C(Cl)CC2)CC1)c1ccccn1. The van der Waals surface area contributed by atoms with Crippen LogP contribution in [-0.4, -0.2) is 35.4 Å². The molecule has 1 aromatic rings. The lowest BCUT2D eigenvalue weighted by Crippen LogP contribution is -2.43. The van der Waals surface area contributed by atoms with Crippen molar-refractivity contribution in [3.05, 3.63) is 64.6 Å². The molecule has 0 saturated carbocycles. The van der Waals surface area contributed by atoms with Gasteiger partial charge >= 0.3 is 0 Å². The number of pyridine rings is 1. The molecule has 6 nitrogen and oxygen atoms in total. The van der Waals surface area contributed by atoms with Gasteiger partial charge < -0.3 is 15.7 Å². The Hall–Kier alpha value is -2.15. The number of aliphatic hydroxyl groups is 1. The Kier molecular flexibility index (Phi) is 7.65. The molecule has 0 aliphatic heterocycles. The number of nitrogens with zero attached hydrogens (tertiary/aromatic N) is 1. The fourth-order valence-corrected chi connectivity index (χ4v) is 3.44. The molecular formula is C21H27ClN4O2. The highest BCUT2D eigenvalue weighted by atomic mass is 35.5. The van der Waals surface area contributed by atoms with Crippen LogP contribution in [0.25, 0.3) is 0 Å². The van der Waals surface area contributed by atoms with Crippen LogP contribution in [0.5, 0.6) is 0 Å². The molecular weight excluding hydrogens is 376 g/mol. The monoisotopic (exact) mass is 402 g/mol. The van der Waals surface area contributed by atoms with Gasteiger partial charge in [-0.25, -0.2) is 0 Å². The third kappa shape index (κ3) is 6.48. The highest BCUT2D eigenvalue weighted by molar-refractivity contribution is 6.29. The van der Waals surface area contributed by atoms with Gasteiger partial charge in [0.1, 0.15) is 5.69 Å². The number of allylic oxidation sites excluding steroid dienone is 5. The number of halogens is 1. The number of aliphatic hydroxyl groups excluding tert-OH is 1. The van der Waals surface area contributed by atoms with E-state index < -0.39 is 6.35 Å². The summed E-state index contributed by atoms with van der Waals surface area (Å²) in [6.07, 6.45) is 11.3. The summed E-state index contributed by atoms with van der Waals surface area (Å²) < 4.78 is 0. The topological polar surface area (TPSA) is 86.3 Å². The first-order chi connectivity index (χ1) is 13.6. The van der Waals surface area contributed by atoms with Gasteiger partial charge in [-0.2, -0.15) is 0 Å². The maximum absolute atomic E-state index is 12.1. The van der Waals surface area contributed by atoms with Gasteiger partial charge in [-0.3, -0.25) is 15.1 Å². The molecule has 28 heavy (non-hydrogen) atoms. The molecule has 2 aliphatic rings. The van der Waals surface area contributed by atoms with Crippen LogP contribution in [0.2, 0.25) is 0 Å². The van der Waals surface area contributed by atoms with Crippen molar-refractivity contribution < 1.29 is 9.90 Å². The second-order valence-electron chi connectivity index (χ2n) is 7.16. The summed E-state index contributed by atoms with van der Waals surface area (Å²) in [5.74, 6) is 0.258. The first kappa shape index (κ1) is 20.6. The van der Waals surface area contributed by atoms with E-state index >= 15 is 0 Å². The molecule has 0 bridgehead atoms. The molecule has 0 saturated heterocycles. The summed E-state index contributed by atoms with van der Waals surface area (Å²) in [5, 5.41) is 20.2. The molecule has 7 heteroatoms.